The Morgan fingerprint density at radius 3 is 2.90 bits per heavy atom. The Morgan fingerprint density at radius 1 is 1.48 bits per heavy atom. The van der Waals surface area contributed by atoms with Crippen LogP contribution in [0.3, 0.4) is 0 Å². The highest BCUT2D eigenvalue weighted by atomic mass is 16.6. The van der Waals surface area contributed by atoms with Crippen LogP contribution in [0.15, 0.2) is 24.3 Å². The molecule has 1 unspecified atom stereocenters. The minimum absolute atomic E-state index is 0.0634. The van der Waals surface area contributed by atoms with E-state index < -0.39 is 0 Å². The van der Waals surface area contributed by atoms with Crippen LogP contribution in [0.4, 0.5) is 4.79 Å². The average Bonchev–Trinajstić information content (AvgIpc) is 2.82. The van der Waals surface area contributed by atoms with E-state index in [-0.39, 0.29) is 18.1 Å². The average molecular weight is 292 g/mol. The third-order valence-electron chi connectivity index (χ3n) is 3.40. The number of amides is 2. The van der Waals surface area contributed by atoms with Crippen molar-refractivity contribution in [3.05, 3.63) is 29.8 Å². The van der Waals surface area contributed by atoms with Gasteiger partial charge in [-0.2, -0.15) is 0 Å². The van der Waals surface area contributed by atoms with Crippen molar-refractivity contribution in [2.75, 3.05) is 27.2 Å². The van der Waals surface area contributed by atoms with Gasteiger partial charge in [-0.05, 0) is 18.1 Å². The molecule has 0 bridgehead atoms. The number of hydrogen-bond acceptors (Lipinski definition) is 4. The van der Waals surface area contributed by atoms with E-state index in [1.165, 1.54) is 4.90 Å². The predicted octanol–water partition coefficient (Wildman–Crippen LogP) is 1.19. The highest BCUT2D eigenvalue weighted by molar-refractivity contribution is 5.76. The van der Waals surface area contributed by atoms with Gasteiger partial charge in [-0.1, -0.05) is 18.2 Å². The van der Waals surface area contributed by atoms with Gasteiger partial charge in [-0.25, -0.2) is 4.79 Å². The summed E-state index contributed by atoms with van der Waals surface area (Å²) in [6, 6.07) is 7.64. The summed E-state index contributed by atoms with van der Waals surface area (Å²) in [6.45, 7) is 0.854. The number of methoxy groups -OCH3 is 1. The van der Waals surface area contributed by atoms with Crippen molar-refractivity contribution in [3.63, 3.8) is 0 Å². The highest BCUT2D eigenvalue weighted by Gasteiger charge is 2.28. The van der Waals surface area contributed by atoms with Gasteiger partial charge in [0.15, 0.2) is 0 Å². The van der Waals surface area contributed by atoms with Gasteiger partial charge in [0.05, 0.1) is 20.2 Å². The number of benzene rings is 1. The normalized spacial score (nSPS) is 17.5. The number of cyclic esters (lactones) is 1. The third-order valence-corrected chi connectivity index (χ3v) is 3.40. The quantitative estimate of drug-likeness (QED) is 0.855. The minimum atomic E-state index is -0.344. The van der Waals surface area contributed by atoms with Crippen LogP contribution in [0.2, 0.25) is 0 Å². The van der Waals surface area contributed by atoms with Gasteiger partial charge in [0.25, 0.3) is 0 Å². The molecular formula is C15H20N2O4. The zero-order valence-electron chi connectivity index (χ0n) is 12.3. The summed E-state index contributed by atoms with van der Waals surface area (Å²) in [4.78, 5) is 24.5. The Bertz CT molecular complexity index is 518. The van der Waals surface area contributed by atoms with Gasteiger partial charge in [0.1, 0.15) is 11.9 Å². The molecule has 0 aromatic heterocycles. The lowest BCUT2D eigenvalue weighted by Gasteiger charge is -2.11. The number of nitrogens with zero attached hydrogens (tertiary/aromatic N) is 1. The molecule has 2 amide bonds. The Kier molecular flexibility index (Phi) is 5.03. The first-order valence-corrected chi connectivity index (χ1v) is 6.90. The molecule has 21 heavy (non-hydrogen) atoms. The SMILES string of the molecule is COc1ccccc1CCC(=O)NCC1CN(C)C(=O)O1. The summed E-state index contributed by atoms with van der Waals surface area (Å²) in [7, 11) is 3.29. The monoisotopic (exact) mass is 292 g/mol. The number of para-hydroxylation sites is 1. The summed E-state index contributed by atoms with van der Waals surface area (Å²) in [5.41, 5.74) is 1.00. The molecule has 1 aliphatic rings. The van der Waals surface area contributed by atoms with Crippen molar-refractivity contribution in [2.24, 2.45) is 0 Å². The van der Waals surface area contributed by atoms with Crippen molar-refractivity contribution in [1.82, 2.24) is 10.2 Å². The van der Waals surface area contributed by atoms with Gasteiger partial charge in [-0.15, -0.1) is 0 Å². The molecule has 1 heterocycles. The maximum Gasteiger partial charge on any atom is 0.410 e. The maximum absolute atomic E-state index is 11.8. The van der Waals surface area contributed by atoms with E-state index in [9.17, 15) is 9.59 Å². The molecule has 6 heteroatoms. The van der Waals surface area contributed by atoms with Crippen molar-refractivity contribution in [3.8, 4) is 5.75 Å². The number of hydrogen-bond donors (Lipinski definition) is 1. The van der Waals surface area contributed by atoms with E-state index in [1.807, 2.05) is 24.3 Å². The summed E-state index contributed by atoms with van der Waals surface area (Å²) >= 11 is 0. The zero-order chi connectivity index (χ0) is 15.2. The van der Waals surface area contributed by atoms with Gasteiger partial charge >= 0.3 is 6.09 Å². The van der Waals surface area contributed by atoms with Gasteiger partial charge in [0, 0.05) is 13.5 Å². The van der Waals surface area contributed by atoms with E-state index in [0.29, 0.717) is 25.9 Å². The van der Waals surface area contributed by atoms with E-state index in [2.05, 4.69) is 5.32 Å². The third kappa shape index (κ3) is 4.11. The lowest BCUT2D eigenvalue weighted by atomic mass is 10.1. The number of likely N-dealkylation sites (N-methyl/N-ethyl adjacent to an activating group) is 1. The Hall–Kier alpha value is -2.24. The van der Waals surface area contributed by atoms with Crippen LogP contribution >= 0.6 is 0 Å². The molecule has 1 saturated heterocycles. The molecule has 6 nitrogen and oxygen atoms in total. The number of carbonyl (C=O) groups is 2. The molecule has 1 aromatic carbocycles. The summed E-state index contributed by atoms with van der Waals surface area (Å²) in [6.07, 6.45) is 0.373. The van der Waals surface area contributed by atoms with Gasteiger partial charge < -0.3 is 19.7 Å². The largest absolute Gasteiger partial charge is 0.496 e. The maximum atomic E-state index is 11.8. The molecule has 1 aliphatic heterocycles. The first-order chi connectivity index (χ1) is 10.1. The van der Waals surface area contributed by atoms with Crippen LogP contribution < -0.4 is 10.1 Å². The zero-order valence-corrected chi connectivity index (χ0v) is 12.3. The fourth-order valence-corrected chi connectivity index (χ4v) is 2.23. The van der Waals surface area contributed by atoms with Crippen molar-refractivity contribution in [2.45, 2.75) is 18.9 Å². The number of aryl methyl sites for hydroxylation is 1. The van der Waals surface area contributed by atoms with Crippen LogP contribution in [0.25, 0.3) is 0 Å². The highest BCUT2D eigenvalue weighted by Crippen LogP contribution is 2.18. The lowest BCUT2D eigenvalue weighted by Crippen LogP contribution is -2.34. The molecule has 0 spiro atoms. The van der Waals surface area contributed by atoms with Crippen LogP contribution in [-0.4, -0.2) is 50.3 Å². The molecule has 0 saturated carbocycles. The second-order valence-corrected chi connectivity index (χ2v) is 5.00. The summed E-state index contributed by atoms with van der Waals surface area (Å²) in [5, 5.41) is 2.79. The molecule has 2 rings (SSSR count). The minimum Gasteiger partial charge on any atom is -0.496 e. The Morgan fingerprint density at radius 2 is 2.24 bits per heavy atom. The van der Waals surface area contributed by atoms with E-state index >= 15 is 0 Å². The lowest BCUT2D eigenvalue weighted by molar-refractivity contribution is -0.121. The first kappa shape index (κ1) is 15.2. The number of ether oxygens (including phenoxy) is 2. The van der Waals surface area contributed by atoms with Crippen LogP contribution in [-0.2, 0) is 16.0 Å². The fourth-order valence-electron chi connectivity index (χ4n) is 2.23. The smallest absolute Gasteiger partial charge is 0.410 e. The van der Waals surface area contributed by atoms with Crippen molar-refractivity contribution in [1.29, 1.82) is 0 Å². The van der Waals surface area contributed by atoms with Crippen molar-refractivity contribution >= 4 is 12.0 Å². The Labute approximate surface area is 124 Å². The first-order valence-electron chi connectivity index (χ1n) is 6.90. The molecule has 1 fully saturated rings. The number of nitrogens with one attached hydrogen (secondary N) is 1. The number of rotatable bonds is 6. The summed E-state index contributed by atoms with van der Waals surface area (Å²) < 4.78 is 10.3. The molecule has 1 N–H and O–H groups in total. The van der Waals surface area contributed by atoms with Gasteiger partial charge in [0.2, 0.25) is 5.91 Å². The molecular weight excluding hydrogens is 272 g/mol. The second kappa shape index (κ2) is 6.97. The molecule has 1 aromatic rings. The van der Waals surface area contributed by atoms with Crippen LogP contribution in [0.1, 0.15) is 12.0 Å². The Balaban J connectivity index is 1.74. The second-order valence-electron chi connectivity index (χ2n) is 5.00. The molecule has 114 valence electrons. The van der Waals surface area contributed by atoms with Crippen molar-refractivity contribution < 1.29 is 19.1 Å². The molecule has 1 atom stereocenters. The van der Waals surface area contributed by atoms with E-state index in [1.54, 1.807) is 14.2 Å². The van der Waals surface area contributed by atoms with Crippen LogP contribution in [0, 0.1) is 0 Å². The summed E-state index contributed by atoms with van der Waals surface area (Å²) in [5.74, 6) is 0.725. The van der Waals surface area contributed by atoms with E-state index in [4.69, 9.17) is 9.47 Å². The van der Waals surface area contributed by atoms with Gasteiger partial charge in [-0.3, -0.25) is 4.79 Å². The number of carbonyl (C=O) groups excluding carboxylic acids is 2. The topological polar surface area (TPSA) is 67.9 Å². The molecule has 0 radical (unpaired) electrons. The standard InChI is InChI=1S/C15H20N2O4/c1-17-10-12(21-15(17)19)9-16-14(18)8-7-11-5-3-4-6-13(11)20-2/h3-6,12H,7-10H2,1-2H3,(H,16,18). The van der Waals surface area contributed by atoms with Crippen LogP contribution in [0.5, 0.6) is 5.75 Å². The predicted molar refractivity (Wildman–Crippen MR) is 77.2 cm³/mol. The molecule has 0 aliphatic carbocycles. The fraction of sp³-hybridized carbons (Fsp3) is 0.467. The van der Waals surface area contributed by atoms with E-state index in [0.717, 1.165) is 11.3 Å².